The van der Waals surface area contributed by atoms with Crippen molar-refractivity contribution < 1.29 is 19.1 Å². The molecule has 0 radical (unpaired) electrons. The van der Waals surface area contributed by atoms with Gasteiger partial charge in [-0.25, -0.2) is 0 Å². The molecule has 5 nitrogen and oxygen atoms in total. The van der Waals surface area contributed by atoms with Gasteiger partial charge in [-0.3, -0.25) is 9.59 Å². The van der Waals surface area contributed by atoms with Crippen molar-refractivity contribution in [3.05, 3.63) is 57.6 Å². The van der Waals surface area contributed by atoms with Gasteiger partial charge >= 0.3 is 5.97 Å². The van der Waals surface area contributed by atoms with Crippen molar-refractivity contribution in [2.45, 2.75) is 26.4 Å². The lowest BCUT2D eigenvalue weighted by Crippen LogP contribution is -2.30. The number of esters is 1. The summed E-state index contributed by atoms with van der Waals surface area (Å²) in [5, 5.41) is 3.36. The van der Waals surface area contributed by atoms with E-state index in [2.05, 4.69) is 5.32 Å². The highest BCUT2D eigenvalue weighted by Crippen LogP contribution is 2.25. The molecule has 0 aliphatic heterocycles. The number of carbonyl (C=O) groups is 2. The number of benzene rings is 2. The first-order valence-electron chi connectivity index (χ1n) is 7.89. The zero-order chi connectivity index (χ0) is 19.3. The van der Waals surface area contributed by atoms with Crippen LogP contribution in [-0.4, -0.2) is 25.1 Å². The number of nitrogens with one attached hydrogen (secondary N) is 1. The Labute approximate surface area is 162 Å². The van der Waals surface area contributed by atoms with Gasteiger partial charge in [0.05, 0.1) is 24.2 Å². The minimum Gasteiger partial charge on any atom is -0.496 e. The highest BCUT2D eigenvalue weighted by atomic mass is 35.5. The van der Waals surface area contributed by atoms with Crippen LogP contribution in [-0.2, 0) is 20.7 Å². The van der Waals surface area contributed by atoms with E-state index in [1.54, 1.807) is 18.2 Å². The summed E-state index contributed by atoms with van der Waals surface area (Å²) in [6.07, 6.45) is -0.977. The van der Waals surface area contributed by atoms with Gasteiger partial charge in [-0.2, -0.15) is 0 Å². The van der Waals surface area contributed by atoms with E-state index in [1.165, 1.54) is 20.1 Å². The summed E-state index contributed by atoms with van der Waals surface area (Å²) >= 11 is 11.8. The molecule has 1 atom stereocenters. The van der Waals surface area contributed by atoms with Crippen molar-refractivity contribution in [1.82, 2.24) is 0 Å². The van der Waals surface area contributed by atoms with Gasteiger partial charge in [0.2, 0.25) is 0 Å². The van der Waals surface area contributed by atoms with E-state index in [0.717, 1.165) is 5.56 Å². The molecule has 0 aromatic heterocycles. The Kier molecular flexibility index (Phi) is 6.89. The molecule has 0 aliphatic rings. The van der Waals surface area contributed by atoms with Crippen LogP contribution in [0.15, 0.2) is 36.4 Å². The molecular weight excluding hydrogens is 377 g/mol. The molecule has 2 rings (SSSR count). The van der Waals surface area contributed by atoms with Crippen LogP contribution >= 0.6 is 23.2 Å². The molecule has 2 aromatic carbocycles. The molecule has 0 unspecified atom stereocenters. The van der Waals surface area contributed by atoms with Crippen LogP contribution in [0, 0.1) is 6.92 Å². The van der Waals surface area contributed by atoms with Crippen LogP contribution in [0.5, 0.6) is 5.75 Å². The van der Waals surface area contributed by atoms with Crippen LogP contribution in [0.4, 0.5) is 5.69 Å². The zero-order valence-electron chi connectivity index (χ0n) is 14.6. The van der Waals surface area contributed by atoms with E-state index >= 15 is 0 Å². The summed E-state index contributed by atoms with van der Waals surface area (Å²) in [6.45, 7) is 3.41. The number of halogens is 2. The average molecular weight is 396 g/mol. The number of anilines is 1. The van der Waals surface area contributed by atoms with E-state index in [4.69, 9.17) is 32.7 Å². The van der Waals surface area contributed by atoms with Gasteiger partial charge in [0.25, 0.3) is 5.91 Å². The largest absolute Gasteiger partial charge is 0.496 e. The van der Waals surface area contributed by atoms with E-state index in [-0.39, 0.29) is 6.42 Å². The van der Waals surface area contributed by atoms with Gasteiger partial charge in [0, 0.05) is 10.6 Å². The van der Waals surface area contributed by atoms with E-state index in [1.807, 2.05) is 19.1 Å². The fraction of sp³-hybridized carbons (Fsp3) is 0.263. The number of hydrogen-bond acceptors (Lipinski definition) is 4. The van der Waals surface area contributed by atoms with Gasteiger partial charge in [-0.05, 0) is 38.1 Å². The van der Waals surface area contributed by atoms with Crippen LogP contribution in [0.25, 0.3) is 0 Å². The first kappa shape index (κ1) is 20.1. The Morgan fingerprint density at radius 2 is 1.88 bits per heavy atom. The third-order valence-electron chi connectivity index (χ3n) is 3.64. The summed E-state index contributed by atoms with van der Waals surface area (Å²) in [7, 11) is 1.53. The maximum absolute atomic E-state index is 12.2. The molecule has 0 saturated carbocycles. The topological polar surface area (TPSA) is 64.6 Å². The number of carbonyl (C=O) groups excluding carboxylic acids is 2. The number of methoxy groups -OCH3 is 1. The lowest BCUT2D eigenvalue weighted by molar-refractivity contribution is -0.152. The van der Waals surface area contributed by atoms with Gasteiger partial charge in [0.1, 0.15) is 5.75 Å². The maximum Gasteiger partial charge on any atom is 0.311 e. The summed E-state index contributed by atoms with van der Waals surface area (Å²) in [5.41, 5.74) is 2.09. The van der Waals surface area contributed by atoms with Crippen molar-refractivity contribution in [1.29, 1.82) is 0 Å². The average Bonchev–Trinajstić information content (AvgIpc) is 2.57. The van der Waals surface area contributed by atoms with Gasteiger partial charge in [0.15, 0.2) is 6.10 Å². The van der Waals surface area contributed by atoms with E-state index < -0.39 is 18.0 Å². The molecule has 138 valence electrons. The Balaban J connectivity index is 1.98. The molecule has 2 aromatic rings. The molecule has 0 spiro atoms. The van der Waals surface area contributed by atoms with Crippen molar-refractivity contribution in [2.24, 2.45) is 0 Å². The molecule has 1 amide bonds. The Hall–Kier alpha value is -2.24. The SMILES string of the molecule is COc1ccc(C)cc1CC(=O)O[C@H](C)C(=O)Nc1ccc(Cl)cc1Cl. The van der Waals surface area contributed by atoms with Crippen molar-refractivity contribution in [3.8, 4) is 5.75 Å². The highest BCUT2D eigenvalue weighted by Gasteiger charge is 2.20. The Bertz CT molecular complexity index is 823. The summed E-state index contributed by atoms with van der Waals surface area (Å²) in [4.78, 5) is 24.4. The number of ether oxygens (including phenoxy) is 2. The maximum atomic E-state index is 12.2. The van der Waals surface area contributed by atoms with Crippen molar-refractivity contribution in [3.63, 3.8) is 0 Å². The molecule has 0 fully saturated rings. The van der Waals surface area contributed by atoms with Crippen LogP contribution in [0.3, 0.4) is 0 Å². The van der Waals surface area contributed by atoms with Crippen molar-refractivity contribution in [2.75, 3.05) is 12.4 Å². The number of rotatable bonds is 6. The quantitative estimate of drug-likeness (QED) is 0.734. The molecule has 0 heterocycles. The second-order valence-corrected chi connectivity index (χ2v) is 6.58. The lowest BCUT2D eigenvalue weighted by Gasteiger charge is -2.15. The summed E-state index contributed by atoms with van der Waals surface area (Å²) < 4.78 is 10.5. The fourth-order valence-corrected chi connectivity index (χ4v) is 2.77. The number of aryl methyl sites for hydroxylation is 1. The normalized spacial score (nSPS) is 11.6. The van der Waals surface area contributed by atoms with E-state index in [9.17, 15) is 9.59 Å². The van der Waals surface area contributed by atoms with E-state index in [0.29, 0.717) is 27.0 Å². The third kappa shape index (κ3) is 5.38. The number of hydrogen-bond donors (Lipinski definition) is 1. The van der Waals surface area contributed by atoms with Gasteiger partial charge in [-0.15, -0.1) is 0 Å². The first-order chi connectivity index (χ1) is 12.3. The standard InChI is InChI=1S/C19H19Cl2NO4/c1-11-4-7-17(25-3)13(8-11)9-18(23)26-12(2)19(24)22-16-6-5-14(20)10-15(16)21/h4-8,10,12H,9H2,1-3H3,(H,22,24)/t12-/m1/s1. The predicted molar refractivity (Wildman–Crippen MR) is 102 cm³/mol. The lowest BCUT2D eigenvalue weighted by atomic mass is 10.1. The second kappa shape index (κ2) is 8.92. The molecule has 0 saturated heterocycles. The third-order valence-corrected chi connectivity index (χ3v) is 4.18. The summed E-state index contributed by atoms with van der Waals surface area (Å²) in [6, 6.07) is 10.2. The Morgan fingerprint density at radius 1 is 1.15 bits per heavy atom. The van der Waals surface area contributed by atoms with Crippen LogP contribution in [0.2, 0.25) is 10.0 Å². The van der Waals surface area contributed by atoms with Crippen LogP contribution < -0.4 is 10.1 Å². The van der Waals surface area contributed by atoms with Crippen LogP contribution in [0.1, 0.15) is 18.1 Å². The minimum absolute atomic E-state index is 0.00414. The molecule has 7 heteroatoms. The van der Waals surface area contributed by atoms with Gasteiger partial charge in [-0.1, -0.05) is 40.9 Å². The van der Waals surface area contributed by atoms with Crippen molar-refractivity contribution >= 4 is 40.8 Å². The molecule has 0 aliphatic carbocycles. The van der Waals surface area contributed by atoms with Gasteiger partial charge < -0.3 is 14.8 Å². The zero-order valence-corrected chi connectivity index (χ0v) is 16.1. The fourth-order valence-electron chi connectivity index (χ4n) is 2.32. The monoisotopic (exact) mass is 395 g/mol. The molecule has 0 bridgehead atoms. The molecular formula is C19H19Cl2NO4. The predicted octanol–water partition coefficient (Wildman–Crippen LogP) is 4.42. The Morgan fingerprint density at radius 3 is 2.54 bits per heavy atom. The highest BCUT2D eigenvalue weighted by molar-refractivity contribution is 6.36. The second-order valence-electron chi connectivity index (χ2n) is 5.74. The summed E-state index contributed by atoms with van der Waals surface area (Å²) in [5.74, 6) is -0.421. The molecule has 26 heavy (non-hydrogen) atoms. The number of amides is 1. The minimum atomic E-state index is -0.981. The molecule has 1 N–H and O–H groups in total. The first-order valence-corrected chi connectivity index (χ1v) is 8.64. The smallest absolute Gasteiger partial charge is 0.311 e.